The molecule has 2 N–H and O–H groups in total. The van der Waals surface area contributed by atoms with E-state index in [9.17, 15) is 9.90 Å². The second kappa shape index (κ2) is 7.09. The van der Waals surface area contributed by atoms with E-state index in [-0.39, 0.29) is 11.7 Å². The zero-order valence-corrected chi connectivity index (χ0v) is 13.2. The van der Waals surface area contributed by atoms with Crippen molar-refractivity contribution in [3.63, 3.8) is 0 Å². The van der Waals surface area contributed by atoms with Crippen molar-refractivity contribution in [3.8, 4) is 5.75 Å². The molecule has 108 valence electrons. The summed E-state index contributed by atoms with van der Waals surface area (Å²) in [4.78, 5) is 12.1. The molecular formula is C17H16BrNO2. The van der Waals surface area contributed by atoms with Crippen LogP contribution in [0, 0.1) is 0 Å². The maximum Gasteiger partial charge on any atom is 0.251 e. The maximum atomic E-state index is 12.1. The zero-order valence-electron chi connectivity index (χ0n) is 11.6. The molecular weight excluding hydrogens is 330 g/mol. The Morgan fingerprint density at radius 1 is 1.24 bits per heavy atom. The summed E-state index contributed by atoms with van der Waals surface area (Å²) in [6, 6.07) is 12.6. The third kappa shape index (κ3) is 4.20. The lowest BCUT2D eigenvalue weighted by Gasteiger charge is -2.07. The summed E-state index contributed by atoms with van der Waals surface area (Å²) in [7, 11) is 0. The predicted octanol–water partition coefficient (Wildman–Crippen LogP) is 4.12. The Morgan fingerprint density at radius 3 is 2.62 bits per heavy atom. The van der Waals surface area contributed by atoms with Crippen LogP contribution in [-0.4, -0.2) is 11.0 Å². The van der Waals surface area contributed by atoms with Gasteiger partial charge in [-0.1, -0.05) is 40.2 Å². The van der Waals surface area contributed by atoms with Gasteiger partial charge in [-0.2, -0.15) is 0 Å². The number of halogens is 1. The minimum atomic E-state index is -0.163. The molecule has 0 spiro atoms. The van der Waals surface area contributed by atoms with Crippen LogP contribution < -0.4 is 5.32 Å². The summed E-state index contributed by atoms with van der Waals surface area (Å²) in [6.45, 7) is 2.33. The molecule has 0 radical (unpaired) electrons. The zero-order chi connectivity index (χ0) is 15.2. The molecule has 0 fully saturated rings. The van der Waals surface area contributed by atoms with Gasteiger partial charge in [-0.15, -0.1) is 0 Å². The molecule has 0 aliphatic carbocycles. The molecule has 0 saturated carbocycles. The second-order valence-electron chi connectivity index (χ2n) is 4.58. The van der Waals surface area contributed by atoms with E-state index in [2.05, 4.69) is 21.2 Å². The first-order valence-corrected chi connectivity index (χ1v) is 7.38. The largest absolute Gasteiger partial charge is 0.507 e. The van der Waals surface area contributed by atoms with Crippen LogP contribution in [0.5, 0.6) is 5.75 Å². The number of phenols is 1. The highest BCUT2D eigenvalue weighted by Gasteiger charge is 2.08. The smallest absolute Gasteiger partial charge is 0.251 e. The molecule has 0 saturated heterocycles. The van der Waals surface area contributed by atoms with Crippen LogP contribution in [0.4, 0.5) is 0 Å². The summed E-state index contributed by atoms with van der Waals surface area (Å²) in [5, 5.41) is 12.6. The quantitative estimate of drug-likeness (QED) is 0.875. The Balaban J connectivity index is 2.06. The highest BCUT2D eigenvalue weighted by molar-refractivity contribution is 9.10. The Morgan fingerprint density at radius 2 is 1.95 bits per heavy atom. The fourth-order valence-electron chi connectivity index (χ4n) is 1.90. The van der Waals surface area contributed by atoms with Crippen molar-refractivity contribution >= 4 is 27.9 Å². The molecule has 4 heteroatoms. The lowest BCUT2D eigenvalue weighted by Crippen LogP contribution is -2.22. The van der Waals surface area contributed by atoms with Crippen molar-refractivity contribution in [2.75, 3.05) is 0 Å². The lowest BCUT2D eigenvalue weighted by atomic mass is 10.1. The summed E-state index contributed by atoms with van der Waals surface area (Å²) < 4.78 is 1.01. The van der Waals surface area contributed by atoms with Crippen molar-refractivity contribution in [1.82, 2.24) is 5.32 Å². The van der Waals surface area contributed by atoms with Crippen LogP contribution in [0.25, 0.3) is 6.08 Å². The van der Waals surface area contributed by atoms with E-state index in [4.69, 9.17) is 0 Å². The summed E-state index contributed by atoms with van der Waals surface area (Å²) >= 11 is 3.37. The molecule has 1 amide bonds. The number of benzene rings is 2. The van der Waals surface area contributed by atoms with E-state index >= 15 is 0 Å². The van der Waals surface area contributed by atoms with E-state index in [1.54, 1.807) is 18.2 Å². The van der Waals surface area contributed by atoms with Gasteiger partial charge in [0.1, 0.15) is 5.75 Å². The normalized spacial score (nSPS) is 10.8. The average molecular weight is 346 g/mol. The van der Waals surface area contributed by atoms with Crippen molar-refractivity contribution in [3.05, 3.63) is 69.7 Å². The van der Waals surface area contributed by atoms with Crippen LogP contribution in [0.15, 0.2) is 53.0 Å². The number of aromatic hydroxyl groups is 1. The Hall–Kier alpha value is -2.07. The van der Waals surface area contributed by atoms with Gasteiger partial charge in [0.15, 0.2) is 0 Å². The molecule has 0 aliphatic rings. The minimum absolute atomic E-state index is 0.163. The standard InChI is InChI=1S/C17H16BrNO2/c1-2-3-13-10-14(6-9-16(13)20)17(21)19-11-12-4-7-15(18)8-5-12/h2-10,20H,11H2,1H3,(H,19,21)/b3-2+. The van der Waals surface area contributed by atoms with E-state index in [0.29, 0.717) is 17.7 Å². The average Bonchev–Trinajstić information content (AvgIpc) is 2.49. The van der Waals surface area contributed by atoms with Gasteiger partial charge in [0.2, 0.25) is 0 Å². The molecule has 2 aromatic rings. The molecule has 0 atom stereocenters. The van der Waals surface area contributed by atoms with Crippen LogP contribution in [0.2, 0.25) is 0 Å². The molecule has 2 aromatic carbocycles. The van der Waals surface area contributed by atoms with Crippen LogP contribution in [0.1, 0.15) is 28.4 Å². The molecule has 21 heavy (non-hydrogen) atoms. The fraction of sp³-hybridized carbons (Fsp3) is 0.118. The lowest BCUT2D eigenvalue weighted by molar-refractivity contribution is 0.0951. The van der Waals surface area contributed by atoms with Gasteiger partial charge in [-0.25, -0.2) is 0 Å². The number of carbonyl (C=O) groups is 1. The fourth-order valence-corrected chi connectivity index (χ4v) is 2.16. The topological polar surface area (TPSA) is 49.3 Å². The second-order valence-corrected chi connectivity index (χ2v) is 5.50. The number of nitrogens with one attached hydrogen (secondary N) is 1. The third-order valence-corrected chi connectivity index (χ3v) is 3.53. The van der Waals surface area contributed by atoms with Crippen LogP contribution >= 0.6 is 15.9 Å². The number of allylic oxidation sites excluding steroid dienone is 1. The van der Waals surface area contributed by atoms with Gasteiger partial charge < -0.3 is 10.4 Å². The van der Waals surface area contributed by atoms with Gasteiger partial charge in [-0.3, -0.25) is 4.79 Å². The number of phenolic OH excluding ortho intramolecular Hbond substituents is 1. The first-order chi connectivity index (χ1) is 10.1. The van der Waals surface area contributed by atoms with Gasteiger partial charge in [0.25, 0.3) is 5.91 Å². The van der Waals surface area contributed by atoms with Crippen molar-refractivity contribution in [1.29, 1.82) is 0 Å². The van der Waals surface area contributed by atoms with Crippen molar-refractivity contribution in [2.45, 2.75) is 13.5 Å². The Bertz CT molecular complexity index is 663. The highest BCUT2D eigenvalue weighted by Crippen LogP contribution is 2.20. The monoisotopic (exact) mass is 345 g/mol. The number of rotatable bonds is 4. The Kier molecular flexibility index (Phi) is 5.17. The summed E-state index contributed by atoms with van der Waals surface area (Å²) in [5.41, 5.74) is 2.19. The Labute approximate surface area is 132 Å². The highest BCUT2D eigenvalue weighted by atomic mass is 79.9. The predicted molar refractivity (Wildman–Crippen MR) is 88.1 cm³/mol. The third-order valence-electron chi connectivity index (χ3n) is 3.00. The minimum Gasteiger partial charge on any atom is -0.507 e. The molecule has 3 nitrogen and oxygen atoms in total. The van der Waals surface area contributed by atoms with Gasteiger partial charge in [0, 0.05) is 22.1 Å². The number of amides is 1. The number of hydrogen-bond acceptors (Lipinski definition) is 2. The molecule has 2 rings (SSSR count). The van der Waals surface area contributed by atoms with E-state index in [0.717, 1.165) is 10.0 Å². The van der Waals surface area contributed by atoms with E-state index in [1.807, 2.05) is 37.3 Å². The van der Waals surface area contributed by atoms with Crippen LogP contribution in [0.3, 0.4) is 0 Å². The maximum absolute atomic E-state index is 12.1. The SMILES string of the molecule is C/C=C/c1cc(C(=O)NCc2ccc(Br)cc2)ccc1O. The summed E-state index contributed by atoms with van der Waals surface area (Å²) in [6.07, 6.45) is 3.58. The molecule has 0 heterocycles. The van der Waals surface area contributed by atoms with E-state index < -0.39 is 0 Å². The van der Waals surface area contributed by atoms with Gasteiger partial charge >= 0.3 is 0 Å². The molecule has 0 unspecified atom stereocenters. The van der Waals surface area contributed by atoms with E-state index in [1.165, 1.54) is 6.07 Å². The first-order valence-electron chi connectivity index (χ1n) is 6.58. The van der Waals surface area contributed by atoms with Crippen molar-refractivity contribution in [2.24, 2.45) is 0 Å². The van der Waals surface area contributed by atoms with Gasteiger partial charge in [0.05, 0.1) is 0 Å². The van der Waals surface area contributed by atoms with Crippen LogP contribution in [-0.2, 0) is 6.54 Å². The molecule has 0 aliphatic heterocycles. The van der Waals surface area contributed by atoms with Gasteiger partial charge in [-0.05, 0) is 42.8 Å². The molecule has 0 bridgehead atoms. The summed E-state index contributed by atoms with van der Waals surface area (Å²) in [5.74, 6) is 0.00114. The van der Waals surface area contributed by atoms with Crippen molar-refractivity contribution < 1.29 is 9.90 Å². The number of hydrogen-bond donors (Lipinski definition) is 2. The first kappa shape index (κ1) is 15.3. The number of carbonyl (C=O) groups excluding carboxylic acids is 1. The molecule has 0 aromatic heterocycles.